The molecule has 2 N–H and O–H groups in total. The highest BCUT2D eigenvalue weighted by Gasteiger charge is 2.18. The number of H-pyrrole nitrogens is 1. The summed E-state index contributed by atoms with van der Waals surface area (Å²) < 4.78 is 0. The van der Waals surface area contributed by atoms with Crippen LogP contribution in [0.5, 0.6) is 0 Å². The van der Waals surface area contributed by atoms with Crippen LogP contribution >= 0.6 is 12.4 Å². The van der Waals surface area contributed by atoms with Crippen LogP contribution in [0.15, 0.2) is 30.7 Å². The highest BCUT2D eigenvalue weighted by molar-refractivity contribution is 5.85. The minimum atomic E-state index is 0. The van der Waals surface area contributed by atoms with E-state index in [1.165, 1.54) is 38.0 Å². The quantitative estimate of drug-likeness (QED) is 0.888. The van der Waals surface area contributed by atoms with Crippen molar-refractivity contribution >= 4 is 12.4 Å². The van der Waals surface area contributed by atoms with Gasteiger partial charge in [0.15, 0.2) is 0 Å². The Bertz CT molecular complexity index is 549. The van der Waals surface area contributed by atoms with Crippen molar-refractivity contribution in [3.8, 4) is 11.3 Å². The molecule has 0 radical (unpaired) electrons. The summed E-state index contributed by atoms with van der Waals surface area (Å²) in [6.07, 6.45) is 8.04. The number of aromatic nitrogens is 3. The van der Waals surface area contributed by atoms with Crippen LogP contribution < -0.4 is 5.32 Å². The van der Waals surface area contributed by atoms with Gasteiger partial charge in [0.05, 0.1) is 11.9 Å². The van der Waals surface area contributed by atoms with Gasteiger partial charge in [-0.15, -0.1) is 12.4 Å². The molecule has 0 atom stereocenters. The lowest BCUT2D eigenvalue weighted by Crippen LogP contribution is -2.42. The van der Waals surface area contributed by atoms with Crippen molar-refractivity contribution in [2.24, 2.45) is 0 Å². The van der Waals surface area contributed by atoms with E-state index < -0.39 is 0 Å². The van der Waals surface area contributed by atoms with Crippen LogP contribution in [-0.2, 0) is 6.54 Å². The van der Waals surface area contributed by atoms with Crippen LogP contribution in [0.2, 0.25) is 0 Å². The molecule has 1 saturated heterocycles. The Morgan fingerprint density at radius 1 is 1.32 bits per heavy atom. The average molecular weight is 322 g/mol. The predicted molar refractivity (Wildman–Crippen MR) is 91.0 cm³/mol. The van der Waals surface area contributed by atoms with Gasteiger partial charge in [-0.2, -0.15) is 5.10 Å². The second-order valence-corrected chi connectivity index (χ2v) is 5.60. The molecule has 0 aliphatic carbocycles. The number of likely N-dealkylation sites (tertiary alicyclic amines) is 1. The molecule has 3 rings (SSSR count). The third-order valence-electron chi connectivity index (χ3n) is 4.28. The van der Waals surface area contributed by atoms with Crippen LogP contribution in [-0.4, -0.2) is 45.8 Å². The fourth-order valence-electron chi connectivity index (χ4n) is 2.91. The van der Waals surface area contributed by atoms with Gasteiger partial charge in [0, 0.05) is 36.1 Å². The minimum Gasteiger partial charge on any atom is -0.310 e. The summed E-state index contributed by atoms with van der Waals surface area (Å²) in [6, 6.07) is 4.63. The fourth-order valence-corrected chi connectivity index (χ4v) is 2.91. The summed E-state index contributed by atoms with van der Waals surface area (Å²) in [5, 5.41) is 10.9. The van der Waals surface area contributed by atoms with Gasteiger partial charge in [-0.05, 0) is 44.6 Å². The predicted octanol–water partition coefficient (Wildman–Crippen LogP) is 2.47. The zero-order valence-electron chi connectivity index (χ0n) is 13.0. The molecular formula is C16H24ClN5. The highest BCUT2D eigenvalue weighted by Crippen LogP contribution is 2.20. The maximum Gasteiger partial charge on any atom is 0.0710 e. The van der Waals surface area contributed by atoms with Gasteiger partial charge in [-0.25, -0.2) is 0 Å². The number of halogens is 1. The van der Waals surface area contributed by atoms with Gasteiger partial charge in [-0.3, -0.25) is 10.1 Å². The number of nitrogens with zero attached hydrogens (tertiary/aromatic N) is 3. The van der Waals surface area contributed by atoms with Gasteiger partial charge >= 0.3 is 0 Å². The lowest BCUT2D eigenvalue weighted by atomic mass is 10.0. The molecule has 0 saturated carbocycles. The molecule has 0 unspecified atom stereocenters. The first-order chi connectivity index (χ1) is 10.4. The molecule has 2 aromatic heterocycles. The maximum atomic E-state index is 4.19. The standard InChI is InChI=1S/C16H23N5.ClH/c1-2-21-8-5-15(6-9-21)18-11-14-12-19-20-16(14)13-4-3-7-17-10-13;/h3-4,7,10,12,15,18H,2,5-6,8-9,11H2,1H3,(H,19,20);1H. The summed E-state index contributed by atoms with van der Waals surface area (Å²) in [7, 11) is 0. The van der Waals surface area contributed by atoms with Crippen LogP contribution in [0.3, 0.4) is 0 Å². The Morgan fingerprint density at radius 3 is 2.82 bits per heavy atom. The van der Waals surface area contributed by atoms with Crippen molar-refractivity contribution in [1.29, 1.82) is 0 Å². The maximum absolute atomic E-state index is 4.19. The van der Waals surface area contributed by atoms with E-state index in [0.29, 0.717) is 6.04 Å². The fraction of sp³-hybridized carbons (Fsp3) is 0.500. The van der Waals surface area contributed by atoms with Crippen LogP contribution in [0.4, 0.5) is 0 Å². The molecule has 1 fully saturated rings. The molecule has 1 aliphatic heterocycles. The van der Waals surface area contributed by atoms with E-state index >= 15 is 0 Å². The molecule has 0 amide bonds. The Labute approximate surface area is 137 Å². The topological polar surface area (TPSA) is 56.8 Å². The molecule has 120 valence electrons. The second-order valence-electron chi connectivity index (χ2n) is 5.60. The van der Waals surface area contributed by atoms with E-state index in [0.717, 1.165) is 17.8 Å². The van der Waals surface area contributed by atoms with E-state index in [2.05, 4.69) is 38.4 Å². The van der Waals surface area contributed by atoms with Gasteiger partial charge in [0.1, 0.15) is 0 Å². The van der Waals surface area contributed by atoms with Crippen LogP contribution in [0.1, 0.15) is 25.3 Å². The van der Waals surface area contributed by atoms with Crippen molar-refractivity contribution in [1.82, 2.24) is 25.4 Å². The number of nitrogens with one attached hydrogen (secondary N) is 2. The normalized spacial score (nSPS) is 16.4. The summed E-state index contributed by atoms with van der Waals surface area (Å²) in [6.45, 7) is 6.67. The molecule has 22 heavy (non-hydrogen) atoms. The van der Waals surface area contributed by atoms with Gasteiger partial charge in [-0.1, -0.05) is 6.92 Å². The molecule has 6 heteroatoms. The Kier molecular flexibility index (Phi) is 6.36. The van der Waals surface area contributed by atoms with Crippen molar-refractivity contribution < 1.29 is 0 Å². The van der Waals surface area contributed by atoms with Gasteiger partial charge in [0.25, 0.3) is 0 Å². The Balaban J connectivity index is 0.00000176. The SMILES string of the molecule is CCN1CCC(NCc2cn[nH]c2-c2cccnc2)CC1.Cl. The zero-order chi connectivity index (χ0) is 14.5. The molecule has 0 aromatic carbocycles. The van der Waals surface area contributed by atoms with Crippen molar-refractivity contribution in [3.63, 3.8) is 0 Å². The second kappa shape index (κ2) is 8.27. The Morgan fingerprint density at radius 2 is 2.14 bits per heavy atom. The molecule has 0 spiro atoms. The summed E-state index contributed by atoms with van der Waals surface area (Å²) in [5.41, 5.74) is 3.37. The highest BCUT2D eigenvalue weighted by atomic mass is 35.5. The summed E-state index contributed by atoms with van der Waals surface area (Å²) >= 11 is 0. The molecule has 0 bridgehead atoms. The van der Waals surface area contributed by atoms with Crippen molar-refractivity contribution in [2.75, 3.05) is 19.6 Å². The van der Waals surface area contributed by atoms with E-state index in [4.69, 9.17) is 0 Å². The van der Waals surface area contributed by atoms with Crippen LogP contribution in [0, 0.1) is 0 Å². The van der Waals surface area contributed by atoms with Gasteiger partial charge < -0.3 is 10.2 Å². The number of pyridine rings is 1. The first kappa shape index (κ1) is 16.9. The molecule has 2 aromatic rings. The van der Waals surface area contributed by atoms with Crippen molar-refractivity contribution in [2.45, 2.75) is 32.4 Å². The van der Waals surface area contributed by atoms with E-state index in [-0.39, 0.29) is 12.4 Å². The van der Waals surface area contributed by atoms with E-state index in [9.17, 15) is 0 Å². The summed E-state index contributed by atoms with van der Waals surface area (Å²) in [5.74, 6) is 0. The lowest BCUT2D eigenvalue weighted by Gasteiger charge is -2.31. The Hall–Kier alpha value is -1.43. The smallest absolute Gasteiger partial charge is 0.0710 e. The number of aromatic amines is 1. The third kappa shape index (κ3) is 4.06. The molecule has 5 nitrogen and oxygen atoms in total. The first-order valence-corrected chi connectivity index (χ1v) is 7.75. The minimum absolute atomic E-state index is 0. The lowest BCUT2D eigenvalue weighted by molar-refractivity contribution is 0.206. The van der Waals surface area contributed by atoms with Crippen molar-refractivity contribution in [3.05, 3.63) is 36.3 Å². The zero-order valence-corrected chi connectivity index (χ0v) is 13.8. The molecule has 1 aliphatic rings. The van der Waals surface area contributed by atoms with E-state index in [1.807, 2.05) is 18.5 Å². The first-order valence-electron chi connectivity index (χ1n) is 7.75. The number of rotatable bonds is 5. The average Bonchev–Trinajstić information content (AvgIpc) is 3.03. The van der Waals surface area contributed by atoms with E-state index in [1.54, 1.807) is 6.20 Å². The number of hydrogen-bond donors (Lipinski definition) is 2. The third-order valence-corrected chi connectivity index (χ3v) is 4.28. The monoisotopic (exact) mass is 321 g/mol. The molecule has 3 heterocycles. The number of hydrogen-bond acceptors (Lipinski definition) is 4. The van der Waals surface area contributed by atoms with Gasteiger partial charge in [0.2, 0.25) is 0 Å². The van der Waals surface area contributed by atoms with Crippen LogP contribution in [0.25, 0.3) is 11.3 Å². The largest absolute Gasteiger partial charge is 0.310 e. The summed E-state index contributed by atoms with van der Waals surface area (Å²) in [4.78, 5) is 6.69. The number of piperidine rings is 1. The molecular weight excluding hydrogens is 298 g/mol.